The maximum Gasteiger partial charge on any atom is 0.326 e. The number of benzene rings is 1. The number of carboxylic acids is 1. The van der Waals surface area contributed by atoms with Crippen LogP contribution in [0.5, 0.6) is 0 Å². The first-order chi connectivity index (χ1) is 10.4. The first-order valence-corrected chi connectivity index (χ1v) is 6.86. The van der Waals surface area contributed by atoms with Gasteiger partial charge >= 0.3 is 5.97 Å². The van der Waals surface area contributed by atoms with Gasteiger partial charge in [-0.3, -0.25) is 9.59 Å². The van der Waals surface area contributed by atoms with Gasteiger partial charge in [0.2, 0.25) is 5.91 Å². The van der Waals surface area contributed by atoms with E-state index < -0.39 is 12.0 Å². The number of hydrogen-bond acceptors (Lipinski definition) is 4. The van der Waals surface area contributed by atoms with Gasteiger partial charge in [-0.15, -0.1) is 0 Å². The SMILES string of the molecule is COC1CC(C(=O)O)N(C(=O)c2ccc(NC(C)=O)cc2)C1. The van der Waals surface area contributed by atoms with Crippen molar-refractivity contribution < 1.29 is 24.2 Å². The van der Waals surface area contributed by atoms with E-state index in [2.05, 4.69) is 5.32 Å². The van der Waals surface area contributed by atoms with Crippen molar-refractivity contribution in [2.75, 3.05) is 19.0 Å². The van der Waals surface area contributed by atoms with E-state index in [4.69, 9.17) is 4.74 Å². The molecule has 0 saturated carbocycles. The van der Waals surface area contributed by atoms with E-state index in [1.165, 1.54) is 18.9 Å². The fraction of sp³-hybridized carbons (Fsp3) is 0.400. The predicted molar refractivity (Wildman–Crippen MR) is 78.6 cm³/mol. The molecule has 1 aromatic carbocycles. The molecule has 1 fully saturated rings. The summed E-state index contributed by atoms with van der Waals surface area (Å²) in [6, 6.07) is 5.45. The van der Waals surface area contributed by atoms with Gasteiger partial charge in [0.25, 0.3) is 5.91 Å². The molecule has 1 aliphatic heterocycles. The predicted octanol–water partition coefficient (Wildman–Crippen LogP) is 0.959. The monoisotopic (exact) mass is 306 g/mol. The minimum Gasteiger partial charge on any atom is -0.480 e. The molecular weight excluding hydrogens is 288 g/mol. The molecule has 1 aromatic rings. The first-order valence-electron chi connectivity index (χ1n) is 6.86. The van der Waals surface area contributed by atoms with Crippen molar-refractivity contribution in [1.82, 2.24) is 4.90 Å². The van der Waals surface area contributed by atoms with Crippen molar-refractivity contribution in [3.05, 3.63) is 29.8 Å². The topological polar surface area (TPSA) is 95.9 Å². The number of methoxy groups -OCH3 is 1. The third-order valence-electron chi connectivity index (χ3n) is 3.59. The lowest BCUT2D eigenvalue weighted by atomic mass is 10.1. The van der Waals surface area contributed by atoms with Crippen LogP contribution < -0.4 is 5.32 Å². The Bertz CT molecular complexity index is 584. The Morgan fingerprint density at radius 1 is 1.27 bits per heavy atom. The number of carbonyl (C=O) groups excluding carboxylic acids is 2. The van der Waals surface area contributed by atoms with Crippen LogP contribution in [-0.4, -0.2) is 53.6 Å². The fourth-order valence-corrected chi connectivity index (χ4v) is 2.49. The normalized spacial score (nSPS) is 20.7. The summed E-state index contributed by atoms with van der Waals surface area (Å²) in [5.74, 6) is -1.60. The van der Waals surface area contributed by atoms with Gasteiger partial charge in [0, 0.05) is 38.2 Å². The van der Waals surface area contributed by atoms with E-state index in [0.717, 1.165) is 0 Å². The Hall–Kier alpha value is -2.41. The van der Waals surface area contributed by atoms with Crippen molar-refractivity contribution in [1.29, 1.82) is 0 Å². The van der Waals surface area contributed by atoms with Gasteiger partial charge in [-0.05, 0) is 24.3 Å². The molecule has 22 heavy (non-hydrogen) atoms. The smallest absolute Gasteiger partial charge is 0.326 e. The number of carboxylic acid groups (broad SMARTS) is 1. The van der Waals surface area contributed by atoms with Gasteiger partial charge in [-0.2, -0.15) is 0 Å². The molecule has 7 heteroatoms. The average molecular weight is 306 g/mol. The number of carbonyl (C=O) groups is 3. The van der Waals surface area contributed by atoms with Gasteiger partial charge < -0.3 is 20.1 Å². The van der Waals surface area contributed by atoms with Crippen LogP contribution in [0.3, 0.4) is 0 Å². The van der Waals surface area contributed by atoms with Crippen molar-refractivity contribution >= 4 is 23.5 Å². The standard InChI is InChI=1S/C15H18N2O5/c1-9(18)16-11-5-3-10(4-6-11)14(19)17-8-12(22-2)7-13(17)15(20)21/h3-6,12-13H,7-8H2,1-2H3,(H,16,18)(H,20,21). The van der Waals surface area contributed by atoms with E-state index >= 15 is 0 Å². The summed E-state index contributed by atoms with van der Waals surface area (Å²) in [5.41, 5.74) is 0.951. The molecule has 2 N–H and O–H groups in total. The number of rotatable bonds is 4. The second-order valence-corrected chi connectivity index (χ2v) is 5.16. The summed E-state index contributed by atoms with van der Waals surface area (Å²) < 4.78 is 5.17. The van der Waals surface area contributed by atoms with Crippen LogP contribution in [0.15, 0.2) is 24.3 Å². The second kappa shape index (κ2) is 6.57. The van der Waals surface area contributed by atoms with Gasteiger partial charge in [-0.25, -0.2) is 4.79 Å². The zero-order valence-corrected chi connectivity index (χ0v) is 12.4. The second-order valence-electron chi connectivity index (χ2n) is 5.16. The molecule has 2 rings (SSSR count). The minimum absolute atomic E-state index is 0.201. The lowest BCUT2D eigenvalue weighted by Gasteiger charge is -2.21. The van der Waals surface area contributed by atoms with Crippen molar-refractivity contribution in [3.63, 3.8) is 0 Å². The van der Waals surface area contributed by atoms with E-state index in [0.29, 0.717) is 11.3 Å². The molecular formula is C15H18N2O5. The van der Waals surface area contributed by atoms with Crippen LogP contribution in [0, 0.1) is 0 Å². The summed E-state index contributed by atoms with van der Waals surface area (Å²) in [4.78, 5) is 36.0. The number of nitrogens with one attached hydrogen (secondary N) is 1. The van der Waals surface area contributed by atoms with Crippen molar-refractivity contribution in [2.24, 2.45) is 0 Å². The zero-order chi connectivity index (χ0) is 16.3. The molecule has 0 radical (unpaired) electrons. The molecule has 1 heterocycles. The van der Waals surface area contributed by atoms with Crippen LogP contribution in [0.4, 0.5) is 5.69 Å². The molecule has 2 amide bonds. The molecule has 0 aromatic heterocycles. The molecule has 7 nitrogen and oxygen atoms in total. The van der Waals surface area contributed by atoms with Crippen LogP contribution in [-0.2, 0) is 14.3 Å². The molecule has 0 aliphatic carbocycles. The number of aliphatic carboxylic acids is 1. The Kier molecular flexibility index (Phi) is 4.77. The minimum atomic E-state index is -1.04. The van der Waals surface area contributed by atoms with Crippen LogP contribution in [0.25, 0.3) is 0 Å². The Labute approximate surface area is 127 Å². The number of ether oxygens (including phenoxy) is 1. The third-order valence-corrected chi connectivity index (χ3v) is 3.59. The van der Waals surface area contributed by atoms with E-state index in [1.54, 1.807) is 24.3 Å². The summed E-state index contributed by atoms with van der Waals surface area (Å²) in [7, 11) is 1.50. The Balaban J connectivity index is 2.16. The highest BCUT2D eigenvalue weighted by atomic mass is 16.5. The lowest BCUT2D eigenvalue weighted by Crippen LogP contribution is -2.40. The Morgan fingerprint density at radius 2 is 1.91 bits per heavy atom. The van der Waals surface area contributed by atoms with Crippen molar-refractivity contribution in [2.45, 2.75) is 25.5 Å². The highest BCUT2D eigenvalue weighted by Gasteiger charge is 2.40. The zero-order valence-electron chi connectivity index (χ0n) is 12.4. The largest absolute Gasteiger partial charge is 0.480 e. The number of nitrogens with zero attached hydrogens (tertiary/aromatic N) is 1. The van der Waals surface area contributed by atoms with Gasteiger partial charge in [0.15, 0.2) is 0 Å². The summed E-state index contributed by atoms with van der Waals surface area (Å²) in [6.07, 6.45) is 0.00497. The fourth-order valence-electron chi connectivity index (χ4n) is 2.49. The third kappa shape index (κ3) is 3.43. The molecule has 2 atom stereocenters. The molecule has 1 aliphatic rings. The summed E-state index contributed by atoms with van der Waals surface area (Å²) >= 11 is 0. The molecule has 0 bridgehead atoms. The molecule has 1 saturated heterocycles. The van der Waals surface area contributed by atoms with Crippen LogP contribution in [0.2, 0.25) is 0 Å². The van der Waals surface area contributed by atoms with Gasteiger partial charge in [0.1, 0.15) is 6.04 Å². The highest BCUT2D eigenvalue weighted by molar-refractivity contribution is 5.97. The average Bonchev–Trinajstić information content (AvgIpc) is 2.91. The maximum atomic E-state index is 12.5. The van der Waals surface area contributed by atoms with E-state index in [1.807, 2.05) is 0 Å². The van der Waals surface area contributed by atoms with E-state index in [-0.39, 0.29) is 30.9 Å². The number of hydrogen-bond donors (Lipinski definition) is 2. The number of amides is 2. The molecule has 2 unspecified atom stereocenters. The van der Waals surface area contributed by atoms with Crippen LogP contribution in [0.1, 0.15) is 23.7 Å². The van der Waals surface area contributed by atoms with Gasteiger partial charge in [-0.1, -0.05) is 0 Å². The summed E-state index contributed by atoms with van der Waals surface area (Å²) in [6.45, 7) is 1.64. The number of likely N-dealkylation sites (tertiary alicyclic amines) is 1. The van der Waals surface area contributed by atoms with Gasteiger partial charge in [0.05, 0.1) is 6.10 Å². The molecule has 0 spiro atoms. The first kappa shape index (κ1) is 16.0. The Morgan fingerprint density at radius 3 is 2.41 bits per heavy atom. The lowest BCUT2D eigenvalue weighted by molar-refractivity contribution is -0.141. The highest BCUT2D eigenvalue weighted by Crippen LogP contribution is 2.23. The summed E-state index contributed by atoms with van der Waals surface area (Å²) in [5, 5.41) is 11.8. The van der Waals surface area contributed by atoms with Crippen LogP contribution >= 0.6 is 0 Å². The molecule has 118 valence electrons. The maximum absolute atomic E-state index is 12.5. The van der Waals surface area contributed by atoms with Crippen molar-refractivity contribution in [3.8, 4) is 0 Å². The van der Waals surface area contributed by atoms with E-state index in [9.17, 15) is 19.5 Å². The number of anilines is 1. The quantitative estimate of drug-likeness (QED) is 0.863.